The Bertz CT molecular complexity index is 634. The molecule has 0 aliphatic carbocycles. The normalized spacial score (nSPS) is 11.0. The smallest absolute Gasteiger partial charge is 0.275 e. The van der Waals surface area contributed by atoms with Gasteiger partial charge in [0, 0.05) is 11.9 Å². The molecular formula is C18H23N3O. The Morgan fingerprint density at radius 3 is 2.05 bits per heavy atom. The molecule has 0 atom stereocenters. The van der Waals surface area contributed by atoms with E-state index in [2.05, 4.69) is 55.1 Å². The van der Waals surface area contributed by atoms with Gasteiger partial charge in [-0.2, -0.15) is 0 Å². The molecule has 4 heteroatoms. The first-order valence-electron chi connectivity index (χ1n) is 7.63. The molecule has 0 saturated carbocycles. The van der Waals surface area contributed by atoms with Gasteiger partial charge >= 0.3 is 0 Å². The summed E-state index contributed by atoms with van der Waals surface area (Å²) in [5.74, 6) is 0.443. The van der Waals surface area contributed by atoms with Gasteiger partial charge < -0.3 is 5.32 Å². The van der Waals surface area contributed by atoms with Crippen molar-refractivity contribution in [3.8, 4) is 0 Å². The number of aromatic nitrogens is 2. The average Bonchev–Trinajstić information content (AvgIpc) is 2.47. The van der Waals surface area contributed by atoms with Crippen molar-refractivity contribution in [1.29, 1.82) is 0 Å². The van der Waals surface area contributed by atoms with E-state index in [0.29, 0.717) is 17.5 Å². The zero-order valence-corrected chi connectivity index (χ0v) is 13.8. The first kappa shape index (κ1) is 16.1. The number of hydrogen-bond acceptors (Lipinski definition) is 3. The summed E-state index contributed by atoms with van der Waals surface area (Å²) < 4.78 is 0. The van der Waals surface area contributed by atoms with Crippen molar-refractivity contribution < 1.29 is 4.79 Å². The zero-order valence-electron chi connectivity index (χ0n) is 13.8. The number of carbonyl (C=O) groups excluding carboxylic acids is 1. The van der Waals surface area contributed by atoms with Crippen LogP contribution in [0.1, 0.15) is 66.8 Å². The van der Waals surface area contributed by atoms with E-state index < -0.39 is 0 Å². The van der Waals surface area contributed by atoms with Crippen molar-refractivity contribution in [2.24, 2.45) is 0 Å². The highest BCUT2D eigenvalue weighted by molar-refractivity contribution is 6.03. The number of rotatable bonds is 4. The van der Waals surface area contributed by atoms with Gasteiger partial charge in [0.25, 0.3) is 5.91 Å². The number of amides is 1. The molecule has 0 spiro atoms. The summed E-state index contributed by atoms with van der Waals surface area (Å²) >= 11 is 0. The number of aryl methyl sites for hydroxylation is 1. The third kappa shape index (κ3) is 3.50. The summed E-state index contributed by atoms with van der Waals surface area (Å²) in [7, 11) is 0. The van der Waals surface area contributed by atoms with Crippen molar-refractivity contribution in [1.82, 2.24) is 9.97 Å². The molecule has 0 unspecified atom stereocenters. The van der Waals surface area contributed by atoms with Gasteiger partial charge in [-0.3, -0.25) is 9.78 Å². The molecule has 1 N–H and O–H groups in total. The maximum atomic E-state index is 12.5. The molecule has 0 saturated heterocycles. The van der Waals surface area contributed by atoms with Gasteiger partial charge in [-0.15, -0.1) is 0 Å². The molecule has 1 aromatic carbocycles. The molecule has 1 heterocycles. The van der Waals surface area contributed by atoms with E-state index in [9.17, 15) is 4.79 Å². The average molecular weight is 297 g/mol. The summed E-state index contributed by atoms with van der Waals surface area (Å²) in [4.78, 5) is 20.7. The summed E-state index contributed by atoms with van der Waals surface area (Å²) in [6.45, 7) is 10.3. The van der Waals surface area contributed by atoms with E-state index in [0.717, 1.165) is 22.5 Å². The Hall–Kier alpha value is -2.23. The molecule has 4 nitrogen and oxygen atoms in total. The first-order valence-corrected chi connectivity index (χ1v) is 7.63. The Morgan fingerprint density at radius 2 is 1.59 bits per heavy atom. The van der Waals surface area contributed by atoms with Gasteiger partial charge in [-0.1, -0.05) is 45.9 Å². The van der Waals surface area contributed by atoms with Gasteiger partial charge in [0.2, 0.25) is 0 Å². The lowest BCUT2D eigenvalue weighted by atomic mass is 9.92. The second kappa shape index (κ2) is 6.69. The molecule has 2 aromatic rings. The van der Waals surface area contributed by atoms with Gasteiger partial charge in [-0.05, 0) is 29.9 Å². The van der Waals surface area contributed by atoms with Gasteiger partial charge in [0.05, 0.1) is 11.9 Å². The van der Waals surface area contributed by atoms with Crippen LogP contribution in [0.4, 0.5) is 5.69 Å². The molecule has 0 aliphatic rings. The molecule has 0 aliphatic heterocycles. The van der Waals surface area contributed by atoms with Crippen molar-refractivity contribution in [3.63, 3.8) is 0 Å². The summed E-state index contributed by atoms with van der Waals surface area (Å²) in [6, 6.07) is 6.17. The van der Waals surface area contributed by atoms with Crippen molar-refractivity contribution in [2.75, 3.05) is 5.32 Å². The molecule has 1 aromatic heterocycles. The third-order valence-electron chi connectivity index (χ3n) is 3.63. The molecule has 116 valence electrons. The SMILES string of the molecule is Cc1cnc(C(=O)Nc2c(C(C)C)cccc2C(C)C)cn1. The monoisotopic (exact) mass is 297 g/mol. The van der Waals surface area contributed by atoms with E-state index in [1.165, 1.54) is 6.20 Å². The van der Waals surface area contributed by atoms with Crippen molar-refractivity contribution in [2.45, 2.75) is 46.5 Å². The minimum Gasteiger partial charge on any atom is -0.320 e. The summed E-state index contributed by atoms with van der Waals surface area (Å²) in [5, 5.41) is 3.04. The Balaban J connectivity index is 2.39. The van der Waals surface area contributed by atoms with Crippen LogP contribution in [-0.4, -0.2) is 15.9 Å². The fourth-order valence-electron chi connectivity index (χ4n) is 2.38. The van der Waals surface area contributed by atoms with Crippen molar-refractivity contribution in [3.05, 3.63) is 53.1 Å². The number of nitrogens with one attached hydrogen (secondary N) is 1. The molecule has 0 radical (unpaired) electrons. The maximum absolute atomic E-state index is 12.5. The van der Waals surface area contributed by atoms with E-state index in [1.54, 1.807) is 6.20 Å². The summed E-state index contributed by atoms with van der Waals surface area (Å²) in [5.41, 5.74) is 4.31. The summed E-state index contributed by atoms with van der Waals surface area (Å²) in [6.07, 6.45) is 3.12. The molecule has 0 fully saturated rings. The van der Waals surface area contributed by atoms with Crippen LogP contribution in [0.2, 0.25) is 0 Å². The molecule has 1 amide bonds. The predicted molar refractivity (Wildman–Crippen MR) is 89.3 cm³/mol. The van der Waals surface area contributed by atoms with Gasteiger partial charge in [-0.25, -0.2) is 4.98 Å². The van der Waals surface area contributed by atoms with Crippen LogP contribution in [0.25, 0.3) is 0 Å². The Labute approximate surface area is 132 Å². The Morgan fingerprint density at radius 1 is 1.00 bits per heavy atom. The van der Waals surface area contributed by atoms with E-state index in [-0.39, 0.29) is 5.91 Å². The van der Waals surface area contributed by atoms with E-state index >= 15 is 0 Å². The lowest BCUT2D eigenvalue weighted by Gasteiger charge is -2.20. The van der Waals surface area contributed by atoms with Crippen LogP contribution in [-0.2, 0) is 0 Å². The minimum absolute atomic E-state index is 0.220. The number of para-hydroxylation sites is 1. The number of benzene rings is 1. The second-order valence-corrected chi connectivity index (χ2v) is 6.12. The second-order valence-electron chi connectivity index (χ2n) is 6.12. The molecule has 0 bridgehead atoms. The highest BCUT2D eigenvalue weighted by atomic mass is 16.1. The van der Waals surface area contributed by atoms with Crippen LogP contribution in [0.5, 0.6) is 0 Å². The van der Waals surface area contributed by atoms with Gasteiger partial charge in [0.1, 0.15) is 5.69 Å². The van der Waals surface area contributed by atoms with Crippen LogP contribution in [0.3, 0.4) is 0 Å². The van der Waals surface area contributed by atoms with E-state index in [1.807, 2.05) is 13.0 Å². The van der Waals surface area contributed by atoms with Crippen LogP contribution < -0.4 is 5.32 Å². The topological polar surface area (TPSA) is 54.9 Å². The number of anilines is 1. The zero-order chi connectivity index (χ0) is 16.3. The molecule has 22 heavy (non-hydrogen) atoms. The number of nitrogens with zero attached hydrogens (tertiary/aromatic N) is 2. The largest absolute Gasteiger partial charge is 0.320 e. The van der Waals surface area contributed by atoms with Crippen LogP contribution in [0.15, 0.2) is 30.6 Å². The van der Waals surface area contributed by atoms with Crippen LogP contribution >= 0.6 is 0 Å². The number of carbonyl (C=O) groups is 1. The van der Waals surface area contributed by atoms with E-state index in [4.69, 9.17) is 0 Å². The predicted octanol–water partition coefficient (Wildman–Crippen LogP) is 4.28. The highest BCUT2D eigenvalue weighted by Crippen LogP contribution is 2.32. The highest BCUT2D eigenvalue weighted by Gasteiger charge is 2.17. The number of hydrogen-bond donors (Lipinski definition) is 1. The molecular weight excluding hydrogens is 274 g/mol. The van der Waals surface area contributed by atoms with Gasteiger partial charge in [0.15, 0.2) is 0 Å². The lowest BCUT2D eigenvalue weighted by Crippen LogP contribution is -2.17. The first-order chi connectivity index (χ1) is 10.4. The van der Waals surface area contributed by atoms with Crippen molar-refractivity contribution >= 4 is 11.6 Å². The fraction of sp³-hybridized carbons (Fsp3) is 0.389. The Kier molecular flexibility index (Phi) is 4.91. The standard InChI is InChI=1S/C18H23N3O/c1-11(2)14-7-6-8-15(12(3)4)17(14)21-18(22)16-10-19-13(5)9-20-16/h6-12H,1-5H3,(H,21,22). The fourth-order valence-corrected chi connectivity index (χ4v) is 2.38. The van der Waals surface area contributed by atoms with Crippen LogP contribution in [0, 0.1) is 6.92 Å². The minimum atomic E-state index is -0.220. The molecule has 2 rings (SSSR count). The maximum Gasteiger partial charge on any atom is 0.275 e. The third-order valence-corrected chi connectivity index (χ3v) is 3.63. The lowest BCUT2D eigenvalue weighted by molar-refractivity contribution is 0.102. The quantitative estimate of drug-likeness (QED) is 0.916.